The average Bonchev–Trinajstić information content (AvgIpc) is 1.94. The fourth-order valence-corrected chi connectivity index (χ4v) is 1.10. The van der Waals surface area contributed by atoms with Crippen LogP contribution in [0.4, 0.5) is 0 Å². The second kappa shape index (κ2) is 2.79. The highest BCUT2D eigenvalue weighted by atomic mass is 14.6. The van der Waals surface area contributed by atoms with E-state index in [1.165, 1.54) is 11.1 Å². The van der Waals surface area contributed by atoms with Crippen LogP contribution in [0.2, 0.25) is 0 Å². The van der Waals surface area contributed by atoms with Crippen LogP contribution in [0.15, 0.2) is 24.8 Å². The molecule has 1 aromatic rings. The van der Waals surface area contributed by atoms with E-state index in [0.29, 0.717) is 5.70 Å². The summed E-state index contributed by atoms with van der Waals surface area (Å²) in [4.78, 5) is 0. The Balaban J connectivity index is 3.27. The van der Waals surface area contributed by atoms with Crippen molar-refractivity contribution in [3.05, 3.63) is 41.5 Å². The zero-order chi connectivity index (χ0) is 8.43. The first kappa shape index (κ1) is 7.86. The highest BCUT2D eigenvalue weighted by Crippen LogP contribution is 2.16. The van der Waals surface area contributed by atoms with E-state index in [2.05, 4.69) is 26.5 Å². The Hall–Kier alpha value is -1.24. The number of hydrogen-bond donors (Lipinski definition) is 1. The third kappa shape index (κ3) is 1.43. The van der Waals surface area contributed by atoms with Crippen LogP contribution in [-0.4, -0.2) is 0 Å². The van der Waals surface area contributed by atoms with Gasteiger partial charge in [-0.15, -0.1) is 0 Å². The van der Waals surface area contributed by atoms with Gasteiger partial charge in [0.1, 0.15) is 0 Å². The fraction of sp³-hybridized carbons (Fsp3) is 0.200. The smallest absolute Gasteiger partial charge is 0.0317 e. The summed E-state index contributed by atoms with van der Waals surface area (Å²) in [5, 5.41) is 0. The lowest BCUT2D eigenvalue weighted by Crippen LogP contribution is -1.97. The van der Waals surface area contributed by atoms with Crippen molar-refractivity contribution in [3.63, 3.8) is 0 Å². The maximum absolute atomic E-state index is 5.59. The van der Waals surface area contributed by atoms with E-state index in [1.807, 2.05) is 12.1 Å². The van der Waals surface area contributed by atoms with Gasteiger partial charge in [-0.1, -0.05) is 24.8 Å². The molecule has 0 amide bonds. The zero-order valence-electron chi connectivity index (χ0n) is 7.02. The van der Waals surface area contributed by atoms with Gasteiger partial charge < -0.3 is 5.73 Å². The third-order valence-corrected chi connectivity index (χ3v) is 1.95. The normalized spacial score (nSPS) is 9.64. The SMILES string of the molecule is C=C(N)c1cccc(C)c1C. The first-order valence-electron chi connectivity index (χ1n) is 3.64. The monoisotopic (exact) mass is 147 g/mol. The second-order valence-corrected chi connectivity index (χ2v) is 2.77. The van der Waals surface area contributed by atoms with E-state index < -0.39 is 0 Å². The molecule has 0 saturated carbocycles. The molecule has 2 N–H and O–H groups in total. The van der Waals surface area contributed by atoms with Crippen molar-refractivity contribution in [2.75, 3.05) is 0 Å². The molecule has 0 aliphatic heterocycles. The van der Waals surface area contributed by atoms with Gasteiger partial charge in [-0.05, 0) is 30.5 Å². The molecule has 0 unspecified atom stereocenters. The van der Waals surface area contributed by atoms with Crippen LogP contribution in [0.25, 0.3) is 5.70 Å². The Morgan fingerprint density at radius 2 is 2.00 bits per heavy atom. The average molecular weight is 147 g/mol. The van der Waals surface area contributed by atoms with Gasteiger partial charge >= 0.3 is 0 Å². The molecule has 0 bridgehead atoms. The van der Waals surface area contributed by atoms with Crippen LogP contribution < -0.4 is 5.73 Å². The van der Waals surface area contributed by atoms with Crippen molar-refractivity contribution in [2.45, 2.75) is 13.8 Å². The molecule has 0 heterocycles. The Bertz CT molecular complexity index is 287. The van der Waals surface area contributed by atoms with Crippen LogP contribution in [-0.2, 0) is 0 Å². The van der Waals surface area contributed by atoms with Gasteiger partial charge in [0.2, 0.25) is 0 Å². The fourth-order valence-electron chi connectivity index (χ4n) is 1.10. The van der Waals surface area contributed by atoms with Crippen molar-refractivity contribution in [2.24, 2.45) is 5.73 Å². The van der Waals surface area contributed by atoms with E-state index in [9.17, 15) is 0 Å². The van der Waals surface area contributed by atoms with Gasteiger partial charge in [0.25, 0.3) is 0 Å². The van der Waals surface area contributed by atoms with Crippen LogP contribution in [0.5, 0.6) is 0 Å². The summed E-state index contributed by atoms with van der Waals surface area (Å²) >= 11 is 0. The maximum Gasteiger partial charge on any atom is 0.0317 e. The van der Waals surface area contributed by atoms with Crippen molar-refractivity contribution in [3.8, 4) is 0 Å². The third-order valence-electron chi connectivity index (χ3n) is 1.95. The largest absolute Gasteiger partial charge is 0.399 e. The predicted octanol–water partition coefficient (Wildman–Crippen LogP) is 2.23. The summed E-state index contributed by atoms with van der Waals surface area (Å²) in [5.41, 5.74) is 9.77. The van der Waals surface area contributed by atoms with Crippen molar-refractivity contribution in [1.82, 2.24) is 0 Å². The molecule has 0 aliphatic carbocycles. The molecule has 0 saturated heterocycles. The standard InChI is InChI=1S/C10H13N/c1-7-5-4-6-10(8(7)2)9(3)11/h4-6H,3,11H2,1-2H3. The molecule has 1 aromatic carbocycles. The molecule has 0 spiro atoms. The highest BCUT2D eigenvalue weighted by Gasteiger charge is 1.99. The van der Waals surface area contributed by atoms with Crippen LogP contribution in [0, 0.1) is 13.8 Å². The topological polar surface area (TPSA) is 26.0 Å². The molecule has 58 valence electrons. The second-order valence-electron chi connectivity index (χ2n) is 2.77. The van der Waals surface area contributed by atoms with Gasteiger partial charge in [-0.2, -0.15) is 0 Å². The van der Waals surface area contributed by atoms with Crippen LogP contribution >= 0.6 is 0 Å². The number of nitrogens with two attached hydrogens (primary N) is 1. The Labute approximate surface area is 67.5 Å². The Morgan fingerprint density at radius 1 is 1.36 bits per heavy atom. The number of rotatable bonds is 1. The molecule has 11 heavy (non-hydrogen) atoms. The summed E-state index contributed by atoms with van der Waals surface area (Å²) in [6.07, 6.45) is 0. The Kier molecular flexibility index (Phi) is 1.99. The molecule has 0 radical (unpaired) electrons. The van der Waals surface area contributed by atoms with E-state index in [-0.39, 0.29) is 0 Å². The first-order chi connectivity index (χ1) is 5.13. The van der Waals surface area contributed by atoms with E-state index in [1.54, 1.807) is 0 Å². The zero-order valence-corrected chi connectivity index (χ0v) is 7.02. The van der Waals surface area contributed by atoms with Crippen molar-refractivity contribution >= 4 is 5.70 Å². The summed E-state index contributed by atoms with van der Waals surface area (Å²) in [6.45, 7) is 7.83. The lowest BCUT2D eigenvalue weighted by atomic mass is 10.0. The van der Waals surface area contributed by atoms with Crippen molar-refractivity contribution < 1.29 is 0 Å². The predicted molar refractivity (Wildman–Crippen MR) is 49.1 cm³/mol. The lowest BCUT2D eigenvalue weighted by Gasteiger charge is -2.06. The molecule has 0 fully saturated rings. The minimum atomic E-state index is 0.645. The summed E-state index contributed by atoms with van der Waals surface area (Å²) in [6, 6.07) is 6.06. The quantitative estimate of drug-likeness (QED) is 0.647. The Morgan fingerprint density at radius 3 is 2.45 bits per heavy atom. The summed E-state index contributed by atoms with van der Waals surface area (Å²) in [7, 11) is 0. The first-order valence-corrected chi connectivity index (χ1v) is 3.64. The molecule has 1 nitrogen and oxygen atoms in total. The number of hydrogen-bond acceptors (Lipinski definition) is 1. The molecule has 0 aromatic heterocycles. The van der Waals surface area contributed by atoms with Gasteiger partial charge in [0.15, 0.2) is 0 Å². The van der Waals surface area contributed by atoms with Gasteiger partial charge in [0.05, 0.1) is 0 Å². The van der Waals surface area contributed by atoms with Gasteiger partial charge in [-0.3, -0.25) is 0 Å². The van der Waals surface area contributed by atoms with E-state index in [0.717, 1.165) is 5.56 Å². The summed E-state index contributed by atoms with van der Waals surface area (Å²) in [5.74, 6) is 0. The molecule has 0 aliphatic rings. The lowest BCUT2D eigenvalue weighted by molar-refractivity contribution is 1.30. The molecule has 0 atom stereocenters. The van der Waals surface area contributed by atoms with Crippen molar-refractivity contribution in [1.29, 1.82) is 0 Å². The minimum absolute atomic E-state index is 0.645. The summed E-state index contributed by atoms with van der Waals surface area (Å²) < 4.78 is 0. The number of aryl methyl sites for hydroxylation is 1. The highest BCUT2D eigenvalue weighted by molar-refractivity contribution is 5.64. The maximum atomic E-state index is 5.59. The molecule has 1 heteroatoms. The molecular formula is C10H13N. The van der Waals surface area contributed by atoms with Gasteiger partial charge in [-0.25, -0.2) is 0 Å². The minimum Gasteiger partial charge on any atom is -0.399 e. The molecule has 1 rings (SSSR count). The van der Waals surface area contributed by atoms with Crippen LogP contribution in [0.3, 0.4) is 0 Å². The molecular weight excluding hydrogens is 134 g/mol. The van der Waals surface area contributed by atoms with Gasteiger partial charge in [0, 0.05) is 5.70 Å². The number of benzene rings is 1. The van der Waals surface area contributed by atoms with E-state index >= 15 is 0 Å². The van der Waals surface area contributed by atoms with E-state index in [4.69, 9.17) is 5.73 Å². The van der Waals surface area contributed by atoms with Crippen LogP contribution in [0.1, 0.15) is 16.7 Å².